The first-order chi connectivity index (χ1) is 13.8. The van der Waals surface area contributed by atoms with E-state index in [1.54, 1.807) is 25.1 Å². The lowest BCUT2D eigenvalue weighted by Crippen LogP contribution is -2.38. The second-order valence-corrected chi connectivity index (χ2v) is 6.03. The Morgan fingerprint density at radius 1 is 1.17 bits per heavy atom. The lowest BCUT2D eigenvalue weighted by molar-refractivity contribution is -0.384. The Hall–Kier alpha value is -4.21. The third-order valence-corrected chi connectivity index (χ3v) is 4.24. The molecule has 29 heavy (non-hydrogen) atoms. The average molecular weight is 396 g/mol. The summed E-state index contributed by atoms with van der Waals surface area (Å²) in [4.78, 5) is 50.6. The van der Waals surface area contributed by atoms with Gasteiger partial charge < -0.3 is 15.0 Å². The number of ether oxygens (including phenoxy) is 1. The molecular formula is C19H16N4O6. The molecule has 148 valence electrons. The van der Waals surface area contributed by atoms with Gasteiger partial charge in [0.2, 0.25) is 0 Å². The van der Waals surface area contributed by atoms with E-state index in [9.17, 15) is 24.5 Å². The minimum atomic E-state index is -0.883. The van der Waals surface area contributed by atoms with E-state index in [1.165, 1.54) is 31.4 Å². The van der Waals surface area contributed by atoms with Crippen molar-refractivity contribution in [1.82, 2.24) is 9.55 Å². The predicted molar refractivity (Wildman–Crippen MR) is 105 cm³/mol. The number of methoxy groups -OCH3 is 1. The van der Waals surface area contributed by atoms with Gasteiger partial charge in [-0.15, -0.1) is 0 Å². The van der Waals surface area contributed by atoms with Gasteiger partial charge in [-0.05, 0) is 36.8 Å². The first-order valence-corrected chi connectivity index (χ1v) is 8.38. The molecule has 1 amide bonds. The number of anilines is 1. The smallest absolute Gasteiger partial charge is 0.333 e. The molecule has 0 saturated carbocycles. The number of carbonyl (C=O) groups is 1. The van der Waals surface area contributed by atoms with Crippen molar-refractivity contribution in [2.45, 2.75) is 6.92 Å². The maximum absolute atomic E-state index is 12.8. The third kappa shape index (κ3) is 3.76. The van der Waals surface area contributed by atoms with Gasteiger partial charge in [0.1, 0.15) is 17.0 Å². The predicted octanol–water partition coefficient (Wildman–Crippen LogP) is 2.00. The number of H-pyrrole nitrogens is 1. The molecule has 1 aromatic heterocycles. The van der Waals surface area contributed by atoms with Gasteiger partial charge in [-0.25, -0.2) is 9.36 Å². The van der Waals surface area contributed by atoms with Crippen molar-refractivity contribution in [3.05, 3.63) is 90.7 Å². The summed E-state index contributed by atoms with van der Waals surface area (Å²) in [6, 6.07) is 10.4. The molecule has 0 aliphatic rings. The van der Waals surface area contributed by atoms with Gasteiger partial charge in [-0.1, -0.05) is 12.1 Å². The van der Waals surface area contributed by atoms with Gasteiger partial charge in [0, 0.05) is 12.3 Å². The number of aromatic nitrogens is 2. The number of aryl methyl sites for hydroxylation is 1. The van der Waals surface area contributed by atoms with Crippen LogP contribution < -0.4 is 21.3 Å². The number of rotatable bonds is 5. The number of benzene rings is 2. The van der Waals surface area contributed by atoms with Gasteiger partial charge >= 0.3 is 5.69 Å². The standard InChI is InChI=1S/C19H16N4O6/c1-11-4-3-5-15(23(27)28)16(11)21-17(24)14-10-20-19(26)22(18(14)25)12-6-8-13(29-2)9-7-12/h3-10H,1-2H3,(H,20,26)(H,21,24). The molecular weight excluding hydrogens is 380 g/mol. The zero-order valence-electron chi connectivity index (χ0n) is 15.5. The number of para-hydroxylation sites is 1. The van der Waals surface area contributed by atoms with Crippen LogP contribution in [-0.4, -0.2) is 27.5 Å². The van der Waals surface area contributed by atoms with Crippen LogP contribution in [0, 0.1) is 17.0 Å². The third-order valence-electron chi connectivity index (χ3n) is 4.24. The summed E-state index contributed by atoms with van der Waals surface area (Å²) in [5.74, 6) is -0.357. The zero-order valence-corrected chi connectivity index (χ0v) is 15.5. The van der Waals surface area contributed by atoms with E-state index < -0.39 is 22.1 Å². The Bertz CT molecular complexity index is 1210. The Labute approximate surface area is 163 Å². The Balaban J connectivity index is 2.05. The summed E-state index contributed by atoms with van der Waals surface area (Å²) in [5.41, 5.74) is -1.63. The molecule has 0 unspecified atom stereocenters. The fourth-order valence-electron chi connectivity index (χ4n) is 2.75. The molecule has 1 heterocycles. The maximum Gasteiger partial charge on any atom is 0.333 e. The number of nitrogens with zero attached hydrogens (tertiary/aromatic N) is 2. The fraction of sp³-hybridized carbons (Fsp3) is 0.105. The van der Waals surface area contributed by atoms with Crippen LogP contribution in [0.25, 0.3) is 5.69 Å². The highest BCUT2D eigenvalue weighted by atomic mass is 16.6. The number of hydrogen-bond acceptors (Lipinski definition) is 6. The quantitative estimate of drug-likeness (QED) is 0.500. The van der Waals surface area contributed by atoms with Crippen LogP contribution in [-0.2, 0) is 0 Å². The van der Waals surface area contributed by atoms with Gasteiger partial charge in [0.15, 0.2) is 0 Å². The molecule has 0 aliphatic carbocycles. The van der Waals surface area contributed by atoms with Crippen molar-refractivity contribution in [3.63, 3.8) is 0 Å². The summed E-state index contributed by atoms with van der Waals surface area (Å²) in [6.45, 7) is 1.59. The molecule has 0 spiro atoms. The number of aromatic amines is 1. The van der Waals surface area contributed by atoms with Crippen LogP contribution in [0.4, 0.5) is 11.4 Å². The molecule has 0 bridgehead atoms. The summed E-state index contributed by atoms with van der Waals surface area (Å²) < 4.78 is 5.84. The first kappa shape index (κ1) is 19.5. The Morgan fingerprint density at radius 3 is 2.48 bits per heavy atom. The van der Waals surface area contributed by atoms with E-state index in [0.29, 0.717) is 11.3 Å². The van der Waals surface area contributed by atoms with Crippen LogP contribution >= 0.6 is 0 Å². The highest BCUT2D eigenvalue weighted by Gasteiger charge is 2.21. The first-order valence-electron chi connectivity index (χ1n) is 8.38. The van der Waals surface area contributed by atoms with Crippen molar-refractivity contribution in [2.75, 3.05) is 12.4 Å². The average Bonchev–Trinajstić information content (AvgIpc) is 2.69. The molecule has 2 N–H and O–H groups in total. The van der Waals surface area contributed by atoms with E-state index in [1.807, 2.05) is 0 Å². The molecule has 0 aliphatic heterocycles. The van der Waals surface area contributed by atoms with Crippen molar-refractivity contribution in [2.24, 2.45) is 0 Å². The van der Waals surface area contributed by atoms with Crippen LogP contribution in [0.1, 0.15) is 15.9 Å². The molecule has 10 heteroatoms. The van der Waals surface area contributed by atoms with E-state index in [4.69, 9.17) is 4.74 Å². The van der Waals surface area contributed by atoms with Gasteiger partial charge in [-0.3, -0.25) is 19.7 Å². The van der Waals surface area contributed by atoms with Crippen molar-refractivity contribution in [3.8, 4) is 11.4 Å². The van der Waals surface area contributed by atoms with Crippen LogP contribution in [0.2, 0.25) is 0 Å². The number of hydrogen-bond donors (Lipinski definition) is 2. The number of amides is 1. The molecule has 2 aromatic carbocycles. The molecule has 0 atom stereocenters. The topological polar surface area (TPSA) is 136 Å². The largest absolute Gasteiger partial charge is 0.497 e. The van der Waals surface area contributed by atoms with Gasteiger partial charge in [-0.2, -0.15) is 0 Å². The normalized spacial score (nSPS) is 10.4. The summed E-state index contributed by atoms with van der Waals surface area (Å²) >= 11 is 0. The van der Waals surface area contributed by atoms with E-state index >= 15 is 0 Å². The number of carbonyl (C=O) groups excluding carboxylic acids is 1. The van der Waals surface area contributed by atoms with Crippen LogP contribution in [0.5, 0.6) is 5.75 Å². The Kier molecular flexibility index (Phi) is 5.26. The number of nitro groups is 1. The van der Waals surface area contributed by atoms with E-state index in [2.05, 4.69) is 10.3 Å². The molecule has 0 radical (unpaired) electrons. The minimum Gasteiger partial charge on any atom is -0.497 e. The van der Waals surface area contributed by atoms with Crippen molar-refractivity contribution in [1.29, 1.82) is 0 Å². The SMILES string of the molecule is COc1ccc(-n2c(=O)[nH]cc(C(=O)Nc3c(C)cccc3[N+](=O)[O-])c2=O)cc1. The van der Waals surface area contributed by atoms with Crippen LogP contribution in [0.15, 0.2) is 58.3 Å². The van der Waals surface area contributed by atoms with Crippen LogP contribution in [0.3, 0.4) is 0 Å². The van der Waals surface area contributed by atoms with E-state index in [0.717, 1.165) is 10.8 Å². The van der Waals surface area contributed by atoms with Crippen molar-refractivity contribution >= 4 is 17.3 Å². The monoisotopic (exact) mass is 396 g/mol. The second-order valence-electron chi connectivity index (χ2n) is 6.03. The molecule has 3 rings (SSSR count). The number of nitro benzene ring substituents is 1. The lowest BCUT2D eigenvalue weighted by atomic mass is 10.1. The number of nitrogens with one attached hydrogen (secondary N) is 2. The molecule has 0 fully saturated rings. The molecule has 10 nitrogen and oxygen atoms in total. The van der Waals surface area contributed by atoms with E-state index in [-0.39, 0.29) is 22.6 Å². The lowest BCUT2D eigenvalue weighted by Gasteiger charge is -2.10. The fourth-order valence-corrected chi connectivity index (χ4v) is 2.75. The van der Waals surface area contributed by atoms with Gasteiger partial charge in [0.25, 0.3) is 17.2 Å². The highest BCUT2D eigenvalue weighted by Crippen LogP contribution is 2.27. The molecule has 0 saturated heterocycles. The summed E-state index contributed by atoms with van der Waals surface area (Å²) in [6.07, 6.45) is 0.976. The maximum atomic E-state index is 12.8. The van der Waals surface area contributed by atoms with Crippen molar-refractivity contribution < 1.29 is 14.5 Å². The summed E-state index contributed by atoms with van der Waals surface area (Å²) in [5, 5.41) is 13.6. The van der Waals surface area contributed by atoms with Gasteiger partial charge in [0.05, 0.1) is 17.7 Å². The summed E-state index contributed by atoms with van der Waals surface area (Å²) in [7, 11) is 1.48. The highest BCUT2D eigenvalue weighted by molar-refractivity contribution is 6.05. The molecule has 3 aromatic rings. The zero-order chi connectivity index (χ0) is 21.1. The Morgan fingerprint density at radius 2 is 1.86 bits per heavy atom. The minimum absolute atomic E-state index is 0.0240. The second kappa shape index (κ2) is 7.80.